The van der Waals surface area contributed by atoms with E-state index in [1.165, 1.54) is 18.9 Å². The fourth-order valence-corrected chi connectivity index (χ4v) is 2.23. The van der Waals surface area contributed by atoms with Crippen LogP contribution >= 0.6 is 15.9 Å². The van der Waals surface area contributed by atoms with E-state index in [0.717, 1.165) is 10.0 Å². The zero-order chi connectivity index (χ0) is 11.1. The van der Waals surface area contributed by atoms with Crippen molar-refractivity contribution in [3.05, 3.63) is 34.2 Å². The Morgan fingerprint density at radius 1 is 1.44 bits per heavy atom. The van der Waals surface area contributed by atoms with Crippen LogP contribution in [0, 0.1) is 5.82 Å². The van der Waals surface area contributed by atoms with Crippen LogP contribution in [0.2, 0.25) is 0 Å². The Labute approximate surface area is 101 Å². The lowest BCUT2D eigenvalue weighted by molar-refractivity contribution is 0.599. The lowest BCUT2D eigenvalue weighted by Crippen LogP contribution is -2.14. The number of hydrogen-bond donors (Lipinski definition) is 1. The molecule has 1 fully saturated rings. The van der Waals surface area contributed by atoms with Crippen molar-refractivity contribution in [2.45, 2.75) is 25.4 Å². The van der Waals surface area contributed by atoms with Crippen molar-refractivity contribution in [1.29, 1.82) is 0 Å². The van der Waals surface area contributed by atoms with Crippen molar-refractivity contribution in [2.24, 2.45) is 0 Å². The van der Waals surface area contributed by atoms with Crippen molar-refractivity contribution >= 4 is 26.9 Å². The highest BCUT2D eigenvalue weighted by Crippen LogP contribution is 2.31. The number of hydrogen-bond acceptors (Lipinski definition) is 2. The van der Waals surface area contributed by atoms with Crippen LogP contribution in [0.5, 0.6) is 0 Å². The van der Waals surface area contributed by atoms with Gasteiger partial charge in [0.25, 0.3) is 0 Å². The summed E-state index contributed by atoms with van der Waals surface area (Å²) in [5, 5.41) is 3.94. The maximum Gasteiger partial charge on any atom is 0.151 e. The Kier molecular flexibility index (Phi) is 2.48. The Hall–Kier alpha value is -0.870. The van der Waals surface area contributed by atoms with Gasteiger partial charge in [-0.25, -0.2) is 4.39 Å². The van der Waals surface area contributed by atoms with Gasteiger partial charge < -0.3 is 9.73 Å². The number of fused-ring (bicyclic) bond motifs is 1. The second-order valence-corrected chi connectivity index (χ2v) is 5.00. The molecule has 0 atom stereocenters. The molecule has 0 saturated heterocycles. The van der Waals surface area contributed by atoms with Crippen LogP contribution in [0.1, 0.15) is 18.4 Å². The summed E-state index contributed by atoms with van der Waals surface area (Å²) in [6.45, 7) is 0.672. The molecule has 2 aromatic rings. The highest BCUT2D eigenvalue weighted by Gasteiger charge is 2.21. The highest BCUT2D eigenvalue weighted by molar-refractivity contribution is 9.10. The van der Waals surface area contributed by atoms with Gasteiger partial charge in [0.15, 0.2) is 5.58 Å². The largest absolute Gasteiger partial charge is 0.463 e. The van der Waals surface area contributed by atoms with Crippen molar-refractivity contribution in [1.82, 2.24) is 5.32 Å². The first-order chi connectivity index (χ1) is 7.75. The van der Waals surface area contributed by atoms with Crippen LogP contribution in [-0.2, 0) is 6.54 Å². The molecule has 0 aliphatic heterocycles. The quantitative estimate of drug-likeness (QED) is 0.931. The van der Waals surface area contributed by atoms with Crippen LogP contribution in [-0.4, -0.2) is 6.04 Å². The Morgan fingerprint density at radius 2 is 2.25 bits per heavy atom. The molecule has 3 rings (SSSR count). The molecule has 1 aliphatic carbocycles. The maximum atomic E-state index is 13.7. The van der Waals surface area contributed by atoms with E-state index in [4.69, 9.17) is 4.42 Å². The van der Waals surface area contributed by atoms with Crippen molar-refractivity contribution in [2.75, 3.05) is 0 Å². The van der Waals surface area contributed by atoms with Crippen LogP contribution in [0.15, 0.2) is 27.3 Å². The minimum Gasteiger partial charge on any atom is -0.463 e. The van der Waals surface area contributed by atoms with Gasteiger partial charge in [0.1, 0.15) is 5.82 Å². The Balaban J connectivity index is 2.00. The predicted molar refractivity (Wildman–Crippen MR) is 63.7 cm³/mol. The van der Waals surface area contributed by atoms with E-state index in [1.54, 1.807) is 12.3 Å². The van der Waals surface area contributed by atoms with Gasteiger partial charge in [0, 0.05) is 18.2 Å². The summed E-state index contributed by atoms with van der Waals surface area (Å²) in [4.78, 5) is 0. The van der Waals surface area contributed by atoms with E-state index in [0.29, 0.717) is 23.6 Å². The first-order valence-corrected chi connectivity index (χ1v) is 6.12. The minimum absolute atomic E-state index is 0.223. The minimum atomic E-state index is -0.223. The summed E-state index contributed by atoms with van der Waals surface area (Å²) < 4.78 is 19.9. The van der Waals surface area contributed by atoms with Gasteiger partial charge in [-0.1, -0.05) is 0 Å². The van der Waals surface area contributed by atoms with Gasteiger partial charge in [-0.05, 0) is 40.9 Å². The van der Waals surface area contributed by atoms with Gasteiger partial charge >= 0.3 is 0 Å². The Bertz CT molecular complexity index is 533. The third kappa shape index (κ3) is 1.76. The third-order valence-corrected chi connectivity index (χ3v) is 3.48. The summed E-state index contributed by atoms with van der Waals surface area (Å²) in [6, 6.07) is 3.74. The molecule has 1 aromatic carbocycles. The molecule has 1 saturated carbocycles. The van der Waals surface area contributed by atoms with E-state index >= 15 is 0 Å². The molecular weight excluding hydrogens is 273 g/mol. The van der Waals surface area contributed by atoms with Crippen molar-refractivity contribution < 1.29 is 8.81 Å². The van der Waals surface area contributed by atoms with E-state index in [-0.39, 0.29) is 5.82 Å². The molecule has 1 heterocycles. The van der Waals surface area contributed by atoms with Gasteiger partial charge in [-0.15, -0.1) is 0 Å². The highest BCUT2D eigenvalue weighted by atomic mass is 79.9. The monoisotopic (exact) mass is 283 g/mol. The Morgan fingerprint density at radius 3 is 3.00 bits per heavy atom. The smallest absolute Gasteiger partial charge is 0.151 e. The number of benzene rings is 1. The topological polar surface area (TPSA) is 25.2 Å². The summed E-state index contributed by atoms with van der Waals surface area (Å²) in [7, 11) is 0. The average Bonchev–Trinajstić information content (AvgIpc) is 3.00. The third-order valence-electron chi connectivity index (χ3n) is 2.86. The lowest BCUT2D eigenvalue weighted by atomic mass is 10.1. The molecule has 1 aromatic heterocycles. The maximum absolute atomic E-state index is 13.7. The van der Waals surface area contributed by atoms with Gasteiger partial charge in [0.2, 0.25) is 0 Å². The van der Waals surface area contributed by atoms with E-state index in [1.807, 2.05) is 0 Å². The molecule has 0 unspecified atom stereocenters. The molecule has 1 aliphatic rings. The van der Waals surface area contributed by atoms with Gasteiger partial charge in [-0.3, -0.25) is 0 Å². The second-order valence-electron chi connectivity index (χ2n) is 4.15. The normalized spacial score (nSPS) is 15.9. The zero-order valence-corrected chi connectivity index (χ0v) is 10.2. The van der Waals surface area contributed by atoms with Crippen LogP contribution in [0.3, 0.4) is 0 Å². The molecule has 1 N–H and O–H groups in total. The average molecular weight is 284 g/mol. The summed E-state index contributed by atoms with van der Waals surface area (Å²) in [5.74, 6) is -0.223. The van der Waals surface area contributed by atoms with Crippen LogP contribution in [0.4, 0.5) is 4.39 Å². The molecule has 0 amide bonds. The van der Waals surface area contributed by atoms with Crippen LogP contribution in [0.25, 0.3) is 11.0 Å². The molecule has 0 bridgehead atoms. The molecule has 0 radical (unpaired) electrons. The van der Waals surface area contributed by atoms with Crippen molar-refractivity contribution in [3.8, 4) is 0 Å². The fraction of sp³-hybridized carbons (Fsp3) is 0.333. The predicted octanol–water partition coefficient (Wildman–Crippen LogP) is 3.59. The van der Waals surface area contributed by atoms with Gasteiger partial charge in [0.05, 0.1) is 16.1 Å². The summed E-state index contributed by atoms with van der Waals surface area (Å²) in [6.07, 6.45) is 4.08. The lowest BCUT2D eigenvalue weighted by Gasteiger charge is -2.01. The molecule has 2 nitrogen and oxygen atoms in total. The summed E-state index contributed by atoms with van der Waals surface area (Å²) in [5.41, 5.74) is 1.48. The molecule has 0 spiro atoms. The van der Waals surface area contributed by atoms with E-state index in [9.17, 15) is 4.39 Å². The fourth-order valence-electron chi connectivity index (χ4n) is 1.81. The molecule has 84 valence electrons. The molecule has 16 heavy (non-hydrogen) atoms. The van der Waals surface area contributed by atoms with Crippen molar-refractivity contribution in [3.63, 3.8) is 0 Å². The number of halogens is 2. The standard InChI is InChI=1S/C12H11BrFNO/c13-9-3-4-10(14)11-7(6-16-12(9)11)5-15-8-1-2-8/h3-4,6,8,15H,1-2,5H2. The number of nitrogens with one attached hydrogen (secondary N) is 1. The first kappa shape index (κ1) is 10.3. The van der Waals surface area contributed by atoms with Gasteiger partial charge in [-0.2, -0.15) is 0 Å². The SMILES string of the molecule is Fc1ccc(Br)c2occ(CNC3CC3)c12. The molecular formula is C12H11BrFNO. The van der Waals surface area contributed by atoms with Crippen LogP contribution < -0.4 is 5.32 Å². The molecule has 4 heteroatoms. The van der Waals surface area contributed by atoms with E-state index in [2.05, 4.69) is 21.2 Å². The second kappa shape index (κ2) is 3.86. The number of furan rings is 1. The number of rotatable bonds is 3. The first-order valence-electron chi connectivity index (χ1n) is 5.33. The van der Waals surface area contributed by atoms with E-state index < -0.39 is 0 Å². The zero-order valence-electron chi connectivity index (χ0n) is 8.59. The summed E-state index contributed by atoms with van der Waals surface area (Å²) >= 11 is 3.36.